The highest BCUT2D eigenvalue weighted by molar-refractivity contribution is 8.18. The molecule has 1 aromatic heterocycles. The number of nitrogens with one attached hydrogen (secondary N) is 1. The van der Waals surface area contributed by atoms with Crippen LogP contribution in [0.15, 0.2) is 50.7 Å². The molecule has 0 bridgehead atoms. The topological polar surface area (TPSA) is 71.7 Å². The summed E-state index contributed by atoms with van der Waals surface area (Å²) < 4.78 is 5.71. The lowest BCUT2D eigenvalue weighted by Gasteiger charge is -1.98. The Morgan fingerprint density at radius 2 is 2.00 bits per heavy atom. The average Bonchev–Trinajstić information content (AvgIpc) is 3.07. The fourth-order valence-corrected chi connectivity index (χ4v) is 2.91. The summed E-state index contributed by atoms with van der Waals surface area (Å²) in [6.45, 7) is 1.36. The summed E-state index contributed by atoms with van der Waals surface area (Å²) in [6, 6.07) is 10.8. The third kappa shape index (κ3) is 3.72. The molecular formula is C16H11ClN2O3S. The van der Waals surface area contributed by atoms with Crippen molar-refractivity contribution in [2.24, 2.45) is 4.99 Å². The van der Waals surface area contributed by atoms with Gasteiger partial charge in [0.25, 0.3) is 5.91 Å². The first-order valence-corrected chi connectivity index (χ1v) is 7.86. The van der Waals surface area contributed by atoms with Crippen LogP contribution in [0.4, 0.5) is 0 Å². The number of rotatable bonds is 2. The van der Waals surface area contributed by atoms with Gasteiger partial charge in [-0.25, -0.2) is 0 Å². The Labute approximate surface area is 141 Å². The fraction of sp³-hybridized carbons (Fsp3) is 0.0625. The van der Waals surface area contributed by atoms with Crippen LogP contribution in [0, 0.1) is 0 Å². The molecule has 0 fully saturated rings. The molecule has 2 aromatic rings. The second-order valence-electron chi connectivity index (χ2n) is 4.72. The Kier molecular flexibility index (Phi) is 4.36. The van der Waals surface area contributed by atoms with E-state index in [2.05, 4.69) is 10.3 Å². The number of carbonyl (C=O) groups is 2. The SMILES string of the molecule is CC(=O)NC1=NC(=O)/C(=C\c2ccc(-c3ccc(Cl)cc3)o2)S1. The summed E-state index contributed by atoms with van der Waals surface area (Å²) in [5, 5.41) is 3.42. The van der Waals surface area contributed by atoms with Crippen molar-refractivity contribution in [1.29, 1.82) is 0 Å². The molecule has 1 N–H and O–H groups in total. The van der Waals surface area contributed by atoms with Crippen LogP contribution in [-0.4, -0.2) is 17.0 Å². The van der Waals surface area contributed by atoms with Gasteiger partial charge in [-0.1, -0.05) is 11.6 Å². The number of thioether (sulfide) groups is 1. The molecule has 5 nitrogen and oxygen atoms in total. The van der Waals surface area contributed by atoms with Crippen LogP contribution in [0.5, 0.6) is 0 Å². The van der Waals surface area contributed by atoms with E-state index in [1.54, 1.807) is 24.3 Å². The van der Waals surface area contributed by atoms with Crippen molar-refractivity contribution < 1.29 is 14.0 Å². The molecule has 0 aliphatic carbocycles. The van der Waals surface area contributed by atoms with Gasteiger partial charge in [0.15, 0.2) is 5.17 Å². The van der Waals surface area contributed by atoms with Gasteiger partial charge in [-0.05, 0) is 48.2 Å². The van der Waals surface area contributed by atoms with Crippen molar-refractivity contribution in [3.05, 3.63) is 52.1 Å². The second-order valence-corrected chi connectivity index (χ2v) is 6.19. The Morgan fingerprint density at radius 1 is 1.26 bits per heavy atom. The molecule has 0 saturated heterocycles. The first-order valence-electron chi connectivity index (χ1n) is 6.67. The van der Waals surface area contributed by atoms with Gasteiger partial charge in [-0.15, -0.1) is 0 Å². The quantitative estimate of drug-likeness (QED) is 0.841. The third-order valence-corrected chi connectivity index (χ3v) is 4.08. The van der Waals surface area contributed by atoms with Gasteiger partial charge in [-0.2, -0.15) is 4.99 Å². The number of furan rings is 1. The molecule has 0 spiro atoms. The number of halogens is 1. The van der Waals surface area contributed by atoms with Gasteiger partial charge in [0, 0.05) is 23.6 Å². The largest absolute Gasteiger partial charge is 0.457 e. The Balaban J connectivity index is 1.78. The van der Waals surface area contributed by atoms with Crippen LogP contribution < -0.4 is 5.32 Å². The van der Waals surface area contributed by atoms with Crippen LogP contribution >= 0.6 is 23.4 Å². The molecule has 116 valence electrons. The van der Waals surface area contributed by atoms with E-state index in [0.29, 0.717) is 21.4 Å². The zero-order valence-corrected chi connectivity index (χ0v) is 13.6. The van der Waals surface area contributed by atoms with E-state index in [1.165, 1.54) is 6.92 Å². The molecule has 1 aliphatic heterocycles. The van der Waals surface area contributed by atoms with Crippen LogP contribution in [0.2, 0.25) is 5.02 Å². The summed E-state index contributed by atoms with van der Waals surface area (Å²) in [6.07, 6.45) is 1.60. The predicted octanol–water partition coefficient (Wildman–Crippen LogP) is 3.71. The van der Waals surface area contributed by atoms with E-state index in [0.717, 1.165) is 17.3 Å². The summed E-state index contributed by atoms with van der Waals surface area (Å²) in [5.41, 5.74) is 0.889. The highest BCUT2D eigenvalue weighted by atomic mass is 35.5. The van der Waals surface area contributed by atoms with Crippen LogP contribution in [0.1, 0.15) is 12.7 Å². The molecule has 2 amide bonds. The molecule has 3 rings (SSSR count). The van der Waals surface area contributed by atoms with Crippen molar-refractivity contribution in [3.63, 3.8) is 0 Å². The van der Waals surface area contributed by atoms with E-state index in [9.17, 15) is 9.59 Å². The first-order chi connectivity index (χ1) is 11.0. The van der Waals surface area contributed by atoms with E-state index in [4.69, 9.17) is 16.0 Å². The lowest BCUT2D eigenvalue weighted by Crippen LogP contribution is -2.23. The van der Waals surface area contributed by atoms with E-state index < -0.39 is 5.91 Å². The zero-order valence-electron chi connectivity index (χ0n) is 12.0. The highest BCUT2D eigenvalue weighted by Crippen LogP contribution is 2.30. The van der Waals surface area contributed by atoms with Gasteiger partial charge >= 0.3 is 0 Å². The average molecular weight is 347 g/mol. The Bertz CT molecular complexity index is 837. The first kappa shape index (κ1) is 15.6. The number of aliphatic imine (C=N–C) groups is 1. The third-order valence-electron chi connectivity index (χ3n) is 2.93. The number of carbonyl (C=O) groups excluding carboxylic acids is 2. The molecule has 0 radical (unpaired) electrons. The van der Waals surface area contributed by atoms with Gasteiger partial charge in [0.2, 0.25) is 5.91 Å². The normalized spacial score (nSPS) is 15.8. The minimum absolute atomic E-state index is 0.270. The molecule has 1 aromatic carbocycles. The van der Waals surface area contributed by atoms with E-state index >= 15 is 0 Å². The summed E-state index contributed by atoms with van der Waals surface area (Å²) in [5.74, 6) is 0.536. The standard InChI is InChI=1S/C16H11ClN2O3S/c1-9(20)18-16-19-15(21)14(23-16)8-12-6-7-13(22-12)10-2-4-11(17)5-3-10/h2-8H,1H3,(H,18,19,20,21)/b14-8+. The monoisotopic (exact) mass is 346 g/mol. The number of hydrogen-bond acceptors (Lipinski definition) is 4. The van der Waals surface area contributed by atoms with Gasteiger partial charge in [0.1, 0.15) is 11.5 Å². The van der Waals surface area contributed by atoms with Gasteiger partial charge < -0.3 is 9.73 Å². The minimum Gasteiger partial charge on any atom is -0.457 e. The summed E-state index contributed by atoms with van der Waals surface area (Å²) >= 11 is 6.96. The minimum atomic E-state index is -0.400. The number of amides is 2. The maximum atomic E-state index is 11.8. The van der Waals surface area contributed by atoms with Crippen molar-refractivity contribution >= 4 is 46.4 Å². The molecule has 23 heavy (non-hydrogen) atoms. The van der Waals surface area contributed by atoms with E-state index in [1.807, 2.05) is 18.2 Å². The zero-order chi connectivity index (χ0) is 16.4. The molecule has 7 heteroatoms. The molecule has 1 aliphatic rings. The lowest BCUT2D eigenvalue weighted by molar-refractivity contribution is -0.117. The number of hydrogen-bond donors (Lipinski definition) is 1. The van der Waals surface area contributed by atoms with Crippen LogP contribution in [-0.2, 0) is 9.59 Å². The fourth-order valence-electron chi connectivity index (χ4n) is 1.94. The predicted molar refractivity (Wildman–Crippen MR) is 91.0 cm³/mol. The van der Waals surface area contributed by atoms with E-state index in [-0.39, 0.29) is 11.1 Å². The van der Waals surface area contributed by atoms with Crippen molar-refractivity contribution in [3.8, 4) is 11.3 Å². The maximum absolute atomic E-state index is 11.8. The highest BCUT2D eigenvalue weighted by Gasteiger charge is 2.23. The van der Waals surface area contributed by atoms with Crippen molar-refractivity contribution in [1.82, 2.24) is 5.32 Å². The maximum Gasteiger partial charge on any atom is 0.286 e. The number of benzene rings is 1. The smallest absolute Gasteiger partial charge is 0.286 e. The van der Waals surface area contributed by atoms with Crippen molar-refractivity contribution in [2.45, 2.75) is 6.92 Å². The molecule has 2 heterocycles. The summed E-state index contributed by atoms with van der Waals surface area (Å²) in [7, 11) is 0. The van der Waals surface area contributed by atoms with Gasteiger partial charge in [-0.3, -0.25) is 9.59 Å². The number of nitrogens with zero attached hydrogens (tertiary/aromatic N) is 1. The van der Waals surface area contributed by atoms with Crippen molar-refractivity contribution in [2.75, 3.05) is 0 Å². The lowest BCUT2D eigenvalue weighted by atomic mass is 10.2. The second kappa shape index (κ2) is 6.44. The summed E-state index contributed by atoms with van der Waals surface area (Å²) in [4.78, 5) is 27.0. The molecular weight excluding hydrogens is 336 g/mol. The van der Waals surface area contributed by atoms with Gasteiger partial charge in [0.05, 0.1) is 4.91 Å². The van der Waals surface area contributed by atoms with Crippen LogP contribution in [0.3, 0.4) is 0 Å². The molecule has 0 atom stereocenters. The Hall–Kier alpha value is -2.31. The number of amidine groups is 1. The Morgan fingerprint density at radius 3 is 2.70 bits per heavy atom. The van der Waals surface area contributed by atoms with Crippen LogP contribution in [0.25, 0.3) is 17.4 Å². The molecule has 0 unspecified atom stereocenters. The molecule has 0 saturated carbocycles.